The molecule has 252 valence electrons. The van der Waals surface area contributed by atoms with E-state index in [0.717, 1.165) is 67.4 Å². The van der Waals surface area contributed by atoms with Crippen LogP contribution in [0.1, 0.15) is 41.6 Å². The predicted octanol–water partition coefficient (Wildman–Crippen LogP) is 8.18. The lowest BCUT2D eigenvalue weighted by molar-refractivity contribution is -0.137. The highest BCUT2D eigenvalue weighted by molar-refractivity contribution is 5.85. The lowest BCUT2D eigenvalue weighted by Gasteiger charge is -2.32. The summed E-state index contributed by atoms with van der Waals surface area (Å²) in [5, 5.41) is 6.48. The third-order valence-electron chi connectivity index (χ3n) is 8.00. The summed E-state index contributed by atoms with van der Waals surface area (Å²) in [6, 6.07) is 26.9. The van der Waals surface area contributed by atoms with Gasteiger partial charge in [0.1, 0.15) is 23.4 Å². The summed E-state index contributed by atoms with van der Waals surface area (Å²) < 4.78 is 73.4. The van der Waals surface area contributed by atoms with E-state index in [4.69, 9.17) is 18.9 Å². The SMILES string of the molecule is CNCCC(Oc1ccc(C(F)(F)F)cc1)c1ccccc1.Cl.Fc1ccc([C@@H]2CCNC[C@H]2COc2ccc3c(c2)OCO3)cc1. The Morgan fingerprint density at radius 1 is 0.894 bits per heavy atom. The normalized spacial score (nSPS) is 17.5. The molecule has 0 bridgehead atoms. The monoisotopic (exact) mass is 674 g/mol. The Kier molecular flexibility index (Phi) is 13.2. The van der Waals surface area contributed by atoms with Crippen LogP contribution in [0.4, 0.5) is 17.6 Å². The summed E-state index contributed by atoms with van der Waals surface area (Å²) in [6.45, 7) is 3.49. The summed E-state index contributed by atoms with van der Waals surface area (Å²) in [4.78, 5) is 0. The van der Waals surface area contributed by atoms with Crippen LogP contribution in [0.2, 0.25) is 0 Å². The van der Waals surface area contributed by atoms with E-state index in [0.29, 0.717) is 24.2 Å². The molecule has 2 aliphatic heterocycles. The first kappa shape index (κ1) is 35.9. The molecule has 47 heavy (non-hydrogen) atoms. The van der Waals surface area contributed by atoms with Crippen LogP contribution in [0.25, 0.3) is 0 Å². The van der Waals surface area contributed by atoms with Crippen molar-refractivity contribution < 1.29 is 36.5 Å². The number of fused-ring (bicyclic) bond motifs is 1. The number of alkyl halides is 3. The van der Waals surface area contributed by atoms with Gasteiger partial charge in [0.15, 0.2) is 11.5 Å². The average Bonchev–Trinajstić information content (AvgIpc) is 3.55. The van der Waals surface area contributed by atoms with Gasteiger partial charge in [-0.25, -0.2) is 4.39 Å². The van der Waals surface area contributed by atoms with Gasteiger partial charge in [0.05, 0.1) is 12.2 Å². The van der Waals surface area contributed by atoms with Crippen LogP contribution in [0.5, 0.6) is 23.0 Å². The van der Waals surface area contributed by atoms with Gasteiger partial charge < -0.3 is 29.6 Å². The fourth-order valence-electron chi connectivity index (χ4n) is 5.54. The van der Waals surface area contributed by atoms with E-state index in [9.17, 15) is 17.6 Å². The second kappa shape index (κ2) is 17.2. The molecule has 0 amide bonds. The summed E-state index contributed by atoms with van der Waals surface area (Å²) >= 11 is 0. The Hall–Kier alpha value is -3.99. The summed E-state index contributed by atoms with van der Waals surface area (Å²) in [5.41, 5.74) is 1.50. The first-order valence-corrected chi connectivity index (χ1v) is 15.3. The Morgan fingerprint density at radius 3 is 2.30 bits per heavy atom. The lowest BCUT2D eigenvalue weighted by atomic mass is 9.81. The number of hydrogen-bond acceptors (Lipinski definition) is 6. The van der Waals surface area contributed by atoms with E-state index < -0.39 is 11.7 Å². The van der Waals surface area contributed by atoms with Gasteiger partial charge in [-0.3, -0.25) is 0 Å². The second-order valence-electron chi connectivity index (χ2n) is 11.2. The molecule has 2 N–H and O–H groups in total. The van der Waals surface area contributed by atoms with Gasteiger partial charge in [0.2, 0.25) is 6.79 Å². The van der Waals surface area contributed by atoms with Crippen LogP contribution >= 0.6 is 12.4 Å². The molecule has 0 saturated carbocycles. The summed E-state index contributed by atoms with van der Waals surface area (Å²) in [7, 11) is 1.85. The average molecular weight is 675 g/mol. The number of hydrogen-bond donors (Lipinski definition) is 2. The van der Waals surface area contributed by atoms with Gasteiger partial charge in [-0.05, 0) is 92.1 Å². The minimum absolute atomic E-state index is 0. The van der Waals surface area contributed by atoms with Crippen LogP contribution in [0.3, 0.4) is 0 Å². The number of nitrogens with one attached hydrogen (secondary N) is 2. The third-order valence-corrected chi connectivity index (χ3v) is 8.00. The molecule has 0 radical (unpaired) electrons. The van der Waals surface area contributed by atoms with Crippen molar-refractivity contribution in [2.45, 2.75) is 31.0 Å². The van der Waals surface area contributed by atoms with Crippen molar-refractivity contribution in [3.63, 3.8) is 0 Å². The van der Waals surface area contributed by atoms with Gasteiger partial charge in [-0.2, -0.15) is 13.2 Å². The fourth-order valence-corrected chi connectivity index (χ4v) is 5.54. The van der Waals surface area contributed by atoms with E-state index in [1.54, 1.807) is 0 Å². The Bertz CT molecular complexity index is 1510. The maximum absolute atomic E-state index is 13.2. The van der Waals surface area contributed by atoms with Gasteiger partial charge in [0.25, 0.3) is 0 Å². The highest BCUT2D eigenvalue weighted by Crippen LogP contribution is 2.36. The van der Waals surface area contributed by atoms with Crippen molar-refractivity contribution in [2.75, 3.05) is 40.1 Å². The predicted molar refractivity (Wildman–Crippen MR) is 175 cm³/mol. The Balaban J connectivity index is 0.000000209. The van der Waals surface area contributed by atoms with Gasteiger partial charge in [0, 0.05) is 24.9 Å². The van der Waals surface area contributed by atoms with E-state index in [1.807, 2.05) is 67.7 Å². The number of benzene rings is 4. The van der Waals surface area contributed by atoms with Gasteiger partial charge in [-0.1, -0.05) is 42.5 Å². The lowest BCUT2D eigenvalue weighted by Crippen LogP contribution is -2.38. The molecule has 0 aromatic heterocycles. The molecule has 11 heteroatoms. The zero-order valence-electron chi connectivity index (χ0n) is 26.0. The van der Waals surface area contributed by atoms with Gasteiger partial charge in [-0.15, -0.1) is 12.4 Å². The van der Waals surface area contributed by atoms with Crippen molar-refractivity contribution in [3.05, 3.63) is 120 Å². The van der Waals surface area contributed by atoms with Crippen LogP contribution in [-0.2, 0) is 6.18 Å². The zero-order valence-corrected chi connectivity index (χ0v) is 26.8. The molecule has 3 atom stereocenters. The van der Waals surface area contributed by atoms with Crippen molar-refractivity contribution >= 4 is 12.4 Å². The quantitative estimate of drug-likeness (QED) is 0.166. The third kappa shape index (κ3) is 10.2. The van der Waals surface area contributed by atoms with Crippen LogP contribution < -0.4 is 29.6 Å². The second-order valence-corrected chi connectivity index (χ2v) is 11.2. The van der Waals surface area contributed by atoms with Crippen molar-refractivity contribution in [3.8, 4) is 23.0 Å². The Labute approximate surface area is 278 Å². The highest BCUT2D eigenvalue weighted by Gasteiger charge is 2.30. The summed E-state index contributed by atoms with van der Waals surface area (Å²) in [6.07, 6.45) is -2.78. The van der Waals surface area contributed by atoms with E-state index in [1.165, 1.54) is 29.8 Å². The fraction of sp³-hybridized carbons (Fsp3) is 0.333. The van der Waals surface area contributed by atoms with Crippen molar-refractivity contribution in [2.24, 2.45) is 5.92 Å². The molecule has 6 rings (SSSR count). The van der Waals surface area contributed by atoms with E-state index >= 15 is 0 Å². The number of rotatable bonds is 10. The topological polar surface area (TPSA) is 61.0 Å². The molecule has 1 fully saturated rings. The molecule has 0 aliphatic carbocycles. The van der Waals surface area contributed by atoms with Crippen LogP contribution in [0, 0.1) is 11.7 Å². The largest absolute Gasteiger partial charge is 0.493 e. The highest BCUT2D eigenvalue weighted by atomic mass is 35.5. The minimum Gasteiger partial charge on any atom is -0.493 e. The maximum atomic E-state index is 13.2. The van der Waals surface area contributed by atoms with E-state index in [-0.39, 0.29) is 31.1 Å². The molecule has 2 heterocycles. The molecular weight excluding hydrogens is 636 g/mol. The molecule has 4 aromatic rings. The van der Waals surface area contributed by atoms with Crippen molar-refractivity contribution in [1.82, 2.24) is 10.6 Å². The van der Waals surface area contributed by atoms with Gasteiger partial charge >= 0.3 is 6.18 Å². The molecule has 1 unspecified atom stereocenters. The Morgan fingerprint density at radius 2 is 1.60 bits per heavy atom. The first-order chi connectivity index (χ1) is 22.3. The molecule has 1 saturated heterocycles. The number of halogens is 5. The first-order valence-electron chi connectivity index (χ1n) is 15.3. The zero-order chi connectivity index (χ0) is 32.4. The number of ether oxygens (including phenoxy) is 4. The minimum atomic E-state index is -4.33. The number of piperidine rings is 1. The standard InChI is InChI=1S/C19H20FNO3.C17H18F3NO.ClH/c20-15-3-1-13(2-4-15)17-7-8-21-10-14(17)11-22-16-5-6-18-19(9-16)24-12-23-18;1-21-12-11-16(13-5-3-2-4-6-13)22-15-9-7-14(8-10-15)17(18,19)20;/h1-6,9,14,17,21H,7-8,10-12H2;2-10,16,21H,11-12H2,1H3;1H/t14-,17-;;/m0../s1. The molecule has 4 aromatic carbocycles. The summed E-state index contributed by atoms with van der Waals surface area (Å²) in [5.74, 6) is 3.22. The molecule has 0 spiro atoms. The van der Waals surface area contributed by atoms with E-state index in [2.05, 4.69) is 10.6 Å². The van der Waals surface area contributed by atoms with Crippen LogP contribution in [0.15, 0.2) is 97.1 Å². The van der Waals surface area contributed by atoms with Crippen LogP contribution in [-0.4, -0.2) is 40.1 Å². The molecule has 2 aliphatic rings. The van der Waals surface area contributed by atoms with Crippen molar-refractivity contribution in [1.29, 1.82) is 0 Å². The maximum Gasteiger partial charge on any atom is 0.416 e. The molecule has 6 nitrogen and oxygen atoms in total. The smallest absolute Gasteiger partial charge is 0.416 e. The molecular formula is C36H39ClF4N2O4.